The van der Waals surface area contributed by atoms with E-state index in [1.165, 1.54) is 13.5 Å². The summed E-state index contributed by atoms with van der Waals surface area (Å²) in [6, 6.07) is 13.8. The van der Waals surface area contributed by atoms with Gasteiger partial charge in [0.2, 0.25) is 0 Å². The van der Waals surface area contributed by atoms with Crippen molar-refractivity contribution < 1.29 is 9.53 Å². The summed E-state index contributed by atoms with van der Waals surface area (Å²) >= 11 is 0. The lowest BCUT2D eigenvalue weighted by atomic mass is 10.0. The van der Waals surface area contributed by atoms with Gasteiger partial charge in [0.15, 0.2) is 0 Å². The lowest BCUT2D eigenvalue weighted by Crippen LogP contribution is -2.01. The van der Waals surface area contributed by atoms with Crippen LogP contribution in [0.25, 0.3) is 10.8 Å². The van der Waals surface area contributed by atoms with Crippen molar-refractivity contribution in [3.8, 4) is 0 Å². The minimum absolute atomic E-state index is 0.327. The van der Waals surface area contributed by atoms with Crippen LogP contribution in [0.5, 0.6) is 0 Å². The van der Waals surface area contributed by atoms with Gasteiger partial charge in [0.05, 0.1) is 13.5 Å². The van der Waals surface area contributed by atoms with E-state index in [4.69, 9.17) is 0 Å². The number of hydrogen-bond acceptors (Lipinski definition) is 2. The monoisotopic (exact) mass is 199 g/mol. The first-order chi connectivity index (χ1) is 7.31. The standard InChI is InChI=1S/C13H11O2/c1-15-13(14)9-11-7-4-6-10-5-2-3-8-12(10)11/h2-9H,1H3. The Hall–Kier alpha value is -1.83. The lowest BCUT2D eigenvalue weighted by molar-refractivity contribution is -0.136. The van der Waals surface area contributed by atoms with Crippen molar-refractivity contribution in [3.63, 3.8) is 0 Å². The molecule has 2 aromatic carbocycles. The lowest BCUT2D eigenvalue weighted by Gasteiger charge is -2.04. The molecule has 0 aliphatic heterocycles. The average molecular weight is 199 g/mol. The van der Waals surface area contributed by atoms with E-state index in [0.29, 0.717) is 0 Å². The van der Waals surface area contributed by atoms with Gasteiger partial charge in [-0.2, -0.15) is 0 Å². The van der Waals surface area contributed by atoms with Crippen molar-refractivity contribution in [2.75, 3.05) is 7.11 Å². The molecule has 0 atom stereocenters. The van der Waals surface area contributed by atoms with Gasteiger partial charge in [0, 0.05) is 0 Å². The van der Waals surface area contributed by atoms with E-state index in [9.17, 15) is 4.79 Å². The summed E-state index contributed by atoms with van der Waals surface area (Å²) in [6.07, 6.45) is 1.50. The molecule has 2 aromatic rings. The number of ether oxygens (including phenoxy) is 1. The van der Waals surface area contributed by atoms with Crippen LogP contribution in [0.1, 0.15) is 5.56 Å². The zero-order chi connectivity index (χ0) is 10.7. The van der Waals surface area contributed by atoms with Gasteiger partial charge in [0.1, 0.15) is 0 Å². The highest BCUT2D eigenvalue weighted by Gasteiger charge is 2.06. The third-order valence-electron chi connectivity index (χ3n) is 2.30. The average Bonchev–Trinajstić information content (AvgIpc) is 2.29. The minimum atomic E-state index is -0.327. The highest BCUT2D eigenvalue weighted by Crippen LogP contribution is 2.19. The first-order valence-corrected chi connectivity index (χ1v) is 4.72. The summed E-state index contributed by atoms with van der Waals surface area (Å²) < 4.78 is 4.61. The summed E-state index contributed by atoms with van der Waals surface area (Å²) in [5, 5.41) is 2.18. The van der Waals surface area contributed by atoms with Gasteiger partial charge in [-0.05, 0) is 16.3 Å². The molecule has 0 spiro atoms. The molecule has 0 fully saturated rings. The van der Waals surface area contributed by atoms with Crippen molar-refractivity contribution in [2.45, 2.75) is 0 Å². The van der Waals surface area contributed by atoms with E-state index < -0.39 is 0 Å². The molecule has 75 valence electrons. The van der Waals surface area contributed by atoms with Gasteiger partial charge < -0.3 is 4.74 Å². The number of carbonyl (C=O) groups is 1. The Morgan fingerprint density at radius 3 is 2.67 bits per heavy atom. The molecule has 2 heteroatoms. The highest BCUT2D eigenvalue weighted by atomic mass is 16.5. The van der Waals surface area contributed by atoms with E-state index in [-0.39, 0.29) is 5.97 Å². The van der Waals surface area contributed by atoms with Crippen molar-refractivity contribution in [2.24, 2.45) is 0 Å². The van der Waals surface area contributed by atoms with E-state index in [1.807, 2.05) is 42.5 Å². The van der Waals surface area contributed by atoms with Crippen molar-refractivity contribution in [1.82, 2.24) is 0 Å². The van der Waals surface area contributed by atoms with Crippen LogP contribution >= 0.6 is 0 Å². The van der Waals surface area contributed by atoms with Crippen LogP contribution in [-0.2, 0) is 9.53 Å². The van der Waals surface area contributed by atoms with Gasteiger partial charge in [-0.3, -0.25) is 4.79 Å². The summed E-state index contributed by atoms with van der Waals surface area (Å²) in [5.41, 5.74) is 0.889. The molecule has 0 aliphatic rings. The maximum Gasteiger partial charge on any atom is 0.314 e. The van der Waals surface area contributed by atoms with E-state index in [1.54, 1.807) is 0 Å². The zero-order valence-corrected chi connectivity index (χ0v) is 8.44. The Bertz CT molecular complexity index is 483. The van der Waals surface area contributed by atoms with Crippen molar-refractivity contribution in [3.05, 3.63) is 54.4 Å². The number of fused-ring (bicyclic) bond motifs is 1. The molecule has 0 saturated heterocycles. The maximum atomic E-state index is 11.1. The molecule has 15 heavy (non-hydrogen) atoms. The first kappa shape index (κ1) is 9.71. The SMILES string of the molecule is COC(=O)[CH]c1cccc2ccccc12. The summed E-state index contributed by atoms with van der Waals surface area (Å²) in [6.45, 7) is 0. The highest BCUT2D eigenvalue weighted by molar-refractivity contribution is 5.93. The molecule has 0 unspecified atom stereocenters. The topological polar surface area (TPSA) is 26.3 Å². The van der Waals surface area contributed by atoms with Gasteiger partial charge in [0.25, 0.3) is 0 Å². The molecule has 0 heterocycles. The molecular weight excluding hydrogens is 188 g/mol. The largest absolute Gasteiger partial charge is 0.469 e. The van der Waals surface area contributed by atoms with Crippen LogP contribution < -0.4 is 0 Å². The van der Waals surface area contributed by atoms with E-state index in [2.05, 4.69) is 4.74 Å². The van der Waals surface area contributed by atoms with Crippen LogP contribution in [0.2, 0.25) is 0 Å². The molecule has 2 nitrogen and oxygen atoms in total. The third-order valence-corrected chi connectivity index (χ3v) is 2.30. The van der Waals surface area contributed by atoms with Crippen LogP contribution in [0.15, 0.2) is 42.5 Å². The van der Waals surface area contributed by atoms with Gasteiger partial charge in [-0.1, -0.05) is 42.5 Å². The predicted octanol–water partition coefficient (Wildman–Crippen LogP) is 2.57. The van der Waals surface area contributed by atoms with Crippen LogP contribution in [-0.4, -0.2) is 13.1 Å². The van der Waals surface area contributed by atoms with Crippen LogP contribution in [0.3, 0.4) is 0 Å². The molecule has 0 saturated carbocycles. The molecular formula is C13H11O2. The molecule has 2 rings (SSSR count). The third kappa shape index (κ3) is 1.99. The molecule has 0 amide bonds. The van der Waals surface area contributed by atoms with Gasteiger partial charge in [-0.25, -0.2) is 0 Å². The Balaban J connectivity index is 2.46. The Labute approximate surface area is 88.5 Å². The fourth-order valence-corrected chi connectivity index (χ4v) is 1.56. The fourth-order valence-electron chi connectivity index (χ4n) is 1.56. The number of esters is 1. The van der Waals surface area contributed by atoms with Crippen LogP contribution in [0, 0.1) is 6.42 Å². The molecule has 1 radical (unpaired) electrons. The number of benzene rings is 2. The Kier molecular flexibility index (Phi) is 2.68. The molecule has 0 aromatic heterocycles. The van der Waals surface area contributed by atoms with E-state index in [0.717, 1.165) is 16.3 Å². The quantitative estimate of drug-likeness (QED) is 0.695. The zero-order valence-electron chi connectivity index (χ0n) is 8.44. The molecule has 0 bridgehead atoms. The Morgan fingerprint density at radius 1 is 1.13 bits per heavy atom. The van der Waals surface area contributed by atoms with Gasteiger partial charge >= 0.3 is 5.97 Å². The number of methoxy groups -OCH3 is 1. The first-order valence-electron chi connectivity index (χ1n) is 4.72. The minimum Gasteiger partial charge on any atom is -0.469 e. The normalized spacial score (nSPS) is 10.2. The van der Waals surface area contributed by atoms with E-state index >= 15 is 0 Å². The fraction of sp³-hybridized carbons (Fsp3) is 0.0769. The summed E-state index contributed by atoms with van der Waals surface area (Å²) in [7, 11) is 1.38. The summed E-state index contributed by atoms with van der Waals surface area (Å²) in [4.78, 5) is 11.1. The second kappa shape index (κ2) is 4.13. The van der Waals surface area contributed by atoms with Crippen LogP contribution in [0.4, 0.5) is 0 Å². The molecule has 0 aliphatic carbocycles. The number of hydrogen-bond donors (Lipinski definition) is 0. The van der Waals surface area contributed by atoms with Crippen molar-refractivity contribution in [1.29, 1.82) is 0 Å². The summed E-state index contributed by atoms with van der Waals surface area (Å²) in [5.74, 6) is -0.327. The molecule has 0 N–H and O–H groups in total. The smallest absolute Gasteiger partial charge is 0.314 e. The second-order valence-corrected chi connectivity index (χ2v) is 3.24. The second-order valence-electron chi connectivity index (χ2n) is 3.24. The van der Waals surface area contributed by atoms with Gasteiger partial charge in [-0.15, -0.1) is 0 Å². The van der Waals surface area contributed by atoms with Crippen molar-refractivity contribution >= 4 is 16.7 Å². The number of rotatable bonds is 2. The Morgan fingerprint density at radius 2 is 1.87 bits per heavy atom. The predicted molar refractivity (Wildman–Crippen MR) is 59.4 cm³/mol. The maximum absolute atomic E-state index is 11.1. The number of carbonyl (C=O) groups excluding carboxylic acids is 1.